The lowest BCUT2D eigenvalue weighted by Gasteiger charge is -2.26. The molecule has 3 aromatic heterocycles. The van der Waals surface area contributed by atoms with E-state index in [9.17, 15) is 0 Å². The van der Waals surface area contributed by atoms with E-state index in [1.807, 2.05) is 37.4 Å². The molecule has 1 N–H and O–H groups in total. The van der Waals surface area contributed by atoms with Gasteiger partial charge in [0.05, 0.1) is 30.9 Å². The summed E-state index contributed by atoms with van der Waals surface area (Å²) in [6.45, 7) is 7.21. The largest absolute Gasteiger partial charge is 0.469 e. The van der Waals surface area contributed by atoms with Gasteiger partial charge in [-0.3, -0.25) is 9.88 Å². The molecule has 1 fully saturated rings. The van der Waals surface area contributed by atoms with Gasteiger partial charge in [0.25, 0.3) is 0 Å². The van der Waals surface area contributed by atoms with Crippen LogP contribution in [0.5, 0.6) is 0 Å². The Morgan fingerprint density at radius 2 is 2.00 bits per heavy atom. The standard InChI is InChI=1S/C20H23N5O2/c1-15-16(5-11-27-15)19-17(18-4-2-3-6-21-18)14-23-20(24-19)22-7-8-25-9-12-26-13-10-25/h2-6,11,14H,7-10,12-13H2,1H3,(H,22,23,24). The Balaban J connectivity index is 1.56. The Kier molecular flexibility index (Phi) is 5.41. The molecule has 1 aliphatic heterocycles. The fraction of sp³-hybridized carbons (Fsp3) is 0.350. The highest BCUT2D eigenvalue weighted by atomic mass is 16.5. The third kappa shape index (κ3) is 4.15. The molecule has 140 valence electrons. The summed E-state index contributed by atoms with van der Waals surface area (Å²) in [7, 11) is 0. The molecule has 0 spiro atoms. The van der Waals surface area contributed by atoms with Crippen LogP contribution in [-0.2, 0) is 4.74 Å². The van der Waals surface area contributed by atoms with Crippen LogP contribution in [0.15, 0.2) is 47.3 Å². The van der Waals surface area contributed by atoms with Crippen molar-refractivity contribution in [3.8, 4) is 22.5 Å². The van der Waals surface area contributed by atoms with E-state index in [4.69, 9.17) is 14.1 Å². The Labute approximate surface area is 158 Å². The van der Waals surface area contributed by atoms with Gasteiger partial charge in [0.1, 0.15) is 5.76 Å². The van der Waals surface area contributed by atoms with Gasteiger partial charge in [0, 0.05) is 49.7 Å². The fourth-order valence-electron chi connectivity index (χ4n) is 3.16. The molecule has 0 atom stereocenters. The minimum Gasteiger partial charge on any atom is -0.469 e. The SMILES string of the molecule is Cc1occc1-c1nc(NCCN2CCOCC2)ncc1-c1ccccn1. The monoisotopic (exact) mass is 365 g/mol. The number of rotatable bonds is 6. The summed E-state index contributed by atoms with van der Waals surface area (Å²) in [5, 5.41) is 3.34. The zero-order chi connectivity index (χ0) is 18.5. The van der Waals surface area contributed by atoms with Crippen molar-refractivity contribution < 1.29 is 9.15 Å². The molecular formula is C20H23N5O2. The number of aromatic nitrogens is 3. The molecule has 4 heterocycles. The summed E-state index contributed by atoms with van der Waals surface area (Å²) >= 11 is 0. The third-order valence-corrected chi connectivity index (χ3v) is 4.66. The van der Waals surface area contributed by atoms with Crippen LogP contribution >= 0.6 is 0 Å². The lowest BCUT2D eigenvalue weighted by molar-refractivity contribution is 0.0398. The number of furan rings is 1. The van der Waals surface area contributed by atoms with E-state index in [-0.39, 0.29) is 0 Å². The molecule has 0 saturated carbocycles. The lowest BCUT2D eigenvalue weighted by Crippen LogP contribution is -2.39. The van der Waals surface area contributed by atoms with Crippen LogP contribution in [0.4, 0.5) is 5.95 Å². The van der Waals surface area contributed by atoms with Gasteiger partial charge in [-0.1, -0.05) is 6.07 Å². The maximum atomic E-state index is 5.49. The Bertz CT molecular complexity index is 875. The molecule has 1 aliphatic rings. The Morgan fingerprint density at radius 1 is 1.11 bits per heavy atom. The Hall–Kier alpha value is -2.77. The normalized spacial score (nSPS) is 15.0. The zero-order valence-corrected chi connectivity index (χ0v) is 15.4. The number of aryl methyl sites for hydroxylation is 1. The second-order valence-electron chi connectivity index (χ2n) is 6.44. The minimum absolute atomic E-state index is 0.610. The molecule has 0 aliphatic carbocycles. The predicted molar refractivity (Wildman–Crippen MR) is 103 cm³/mol. The minimum atomic E-state index is 0.610. The summed E-state index contributed by atoms with van der Waals surface area (Å²) in [4.78, 5) is 16.1. The van der Waals surface area contributed by atoms with Crippen molar-refractivity contribution in [2.45, 2.75) is 6.92 Å². The molecule has 1 saturated heterocycles. The highest BCUT2D eigenvalue weighted by Crippen LogP contribution is 2.32. The van der Waals surface area contributed by atoms with Gasteiger partial charge in [-0.2, -0.15) is 0 Å². The molecule has 0 radical (unpaired) electrons. The van der Waals surface area contributed by atoms with Gasteiger partial charge in [-0.25, -0.2) is 9.97 Å². The molecule has 7 heteroatoms. The first kappa shape index (κ1) is 17.6. The summed E-state index contributed by atoms with van der Waals surface area (Å²) in [5.74, 6) is 1.43. The molecule has 0 amide bonds. The number of nitrogens with zero attached hydrogens (tertiary/aromatic N) is 4. The summed E-state index contributed by atoms with van der Waals surface area (Å²) in [6, 6.07) is 7.75. The van der Waals surface area contributed by atoms with Crippen molar-refractivity contribution in [1.29, 1.82) is 0 Å². The van der Waals surface area contributed by atoms with Gasteiger partial charge in [0.2, 0.25) is 5.95 Å². The van der Waals surface area contributed by atoms with Crippen LogP contribution in [0.3, 0.4) is 0 Å². The Morgan fingerprint density at radius 3 is 2.74 bits per heavy atom. The molecule has 0 unspecified atom stereocenters. The number of anilines is 1. The summed E-state index contributed by atoms with van der Waals surface area (Å²) in [6.07, 6.45) is 5.28. The highest BCUT2D eigenvalue weighted by molar-refractivity contribution is 5.79. The van der Waals surface area contributed by atoms with E-state index in [2.05, 4.69) is 20.2 Å². The van der Waals surface area contributed by atoms with Crippen LogP contribution < -0.4 is 5.32 Å². The van der Waals surface area contributed by atoms with Crippen molar-refractivity contribution >= 4 is 5.95 Å². The van der Waals surface area contributed by atoms with Crippen LogP contribution in [0, 0.1) is 6.92 Å². The zero-order valence-electron chi connectivity index (χ0n) is 15.4. The second kappa shape index (κ2) is 8.28. The van der Waals surface area contributed by atoms with Gasteiger partial charge in [0.15, 0.2) is 0 Å². The number of nitrogens with one attached hydrogen (secondary N) is 1. The maximum Gasteiger partial charge on any atom is 0.223 e. The van der Waals surface area contributed by atoms with Crippen molar-refractivity contribution in [3.05, 3.63) is 48.7 Å². The van der Waals surface area contributed by atoms with Crippen molar-refractivity contribution in [2.75, 3.05) is 44.7 Å². The molecule has 27 heavy (non-hydrogen) atoms. The number of hydrogen-bond acceptors (Lipinski definition) is 7. The first-order chi connectivity index (χ1) is 13.3. The number of ether oxygens (including phenoxy) is 1. The van der Waals surface area contributed by atoms with Crippen LogP contribution in [0.1, 0.15) is 5.76 Å². The average molecular weight is 365 g/mol. The maximum absolute atomic E-state index is 5.49. The smallest absolute Gasteiger partial charge is 0.223 e. The number of morpholine rings is 1. The molecule has 0 bridgehead atoms. The van der Waals surface area contributed by atoms with Crippen LogP contribution in [0.25, 0.3) is 22.5 Å². The van der Waals surface area contributed by atoms with Crippen LogP contribution in [-0.4, -0.2) is 59.2 Å². The van der Waals surface area contributed by atoms with Gasteiger partial charge in [-0.05, 0) is 25.1 Å². The summed E-state index contributed by atoms with van der Waals surface area (Å²) < 4.78 is 10.9. The van der Waals surface area contributed by atoms with Crippen molar-refractivity contribution in [3.63, 3.8) is 0 Å². The van der Waals surface area contributed by atoms with E-state index < -0.39 is 0 Å². The topological polar surface area (TPSA) is 76.3 Å². The number of hydrogen-bond donors (Lipinski definition) is 1. The number of pyridine rings is 1. The molecule has 4 rings (SSSR count). The van der Waals surface area contributed by atoms with E-state index in [1.165, 1.54) is 0 Å². The quantitative estimate of drug-likeness (QED) is 0.720. The van der Waals surface area contributed by atoms with Gasteiger partial charge >= 0.3 is 0 Å². The van der Waals surface area contributed by atoms with Gasteiger partial charge < -0.3 is 14.5 Å². The summed E-state index contributed by atoms with van der Waals surface area (Å²) in [5.41, 5.74) is 3.50. The lowest BCUT2D eigenvalue weighted by atomic mass is 10.1. The van der Waals surface area contributed by atoms with Crippen LogP contribution in [0.2, 0.25) is 0 Å². The molecule has 7 nitrogen and oxygen atoms in total. The second-order valence-corrected chi connectivity index (χ2v) is 6.44. The van der Waals surface area contributed by atoms with E-state index in [0.717, 1.165) is 67.7 Å². The van der Waals surface area contributed by atoms with E-state index in [1.54, 1.807) is 12.5 Å². The fourth-order valence-corrected chi connectivity index (χ4v) is 3.16. The molecular weight excluding hydrogens is 342 g/mol. The van der Waals surface area contributed by atoms with E-state index in [0.29, 0.717) is 5.95 Å². The van der Waals surface area contributed by atoms with E-state index >= 15 is 0 Å². The first-order valence-electron chi connectivity index (χ1n) is 9.18. The third-order valence-electron chi connectivity index (χ3n) is 4.66. The van der Waals surface area contributed by atoms with Crippen molar-refractivity contribution in [2.24, 2.45) is 0 Å². The predicted octanol–water partition coefficient (Wildman–Crippen LogP) is 2.85. The first-order valence-corrected chi connectivity index (χ1v) is 9.18. The van der Waals surface area contributed by atoms with Crippen molar-refractivity contribution in [1.82, 2.24) is 19.9 Å². The average Bonchev–Trinajstić information content (AvgIpc) is 3.15. The van der Waals surface area contributed by atoms with Gasteiger partial charge in [-0.15, -0.1) is 0 Å². The molecule has 3 aromatic rings. The molecule has 0 aromatic carbocycles. The highest BCUT2D eigenvalue weighted by Gasteiger charge is 2.16.